The van der Waals surface area contributed by atoms with Gasteiger partial charge in [0.05, 0.1) is 0 Å². The third-order valence-electron chi connectivity index (χ3n) is 2.90. The summed E-state index contributed by atoms with van der Waals surface area (Å²) in [6.07, 6.45) is 8.22. The van der Waals surface area contributed by atoms with Crippen molar-refractivity contribution in [2.75, 3.05) is 26.2 Å². The Bertz CT molecular complexity index is 114. The van der Waals surface area contributed by atoms with Gasteiger partial charge in [0.25, 0.3) is 0 Å². The predicted octanol–water partition coefficient (Wildman–Crippen LogP) is 2.53. The van der Waals surface area contributed by atoms with Crippen LogP contribution < -0.4 is 0 Å². The van der Waals surface area contributed by atoms with Crippen molar-refractivity contribution in [3.63, 3.8) is 0 Å². The SMILES string of the molecule is [CH2-]N1CCCCC1.[CH2-]N1CCCCC1.[Y]. The summed E-state index contributed by atoms with van der Waals surface area (Å²) in [5.41, 5.74) is 0. The van der Waals surface area contributed by atoms with Crippen LogP contribution in [0.1, 0.15) is 38.5 Å². The molecule has 87 valence electrons. The Morgan fingerprint density at radius 1 is 0.533 bits per heavy atom. The molecule has 2 aliphatic rings. The van der Waals surface area contributed by atoms with Gasteiger partial charge in [0.2, 0.25) is 0 Å². The molecule has 0 bridgehead atoms. The molecular formula is C12H24N2Y-2. The molecular weight excluding hydrogens is 261 g/mol. The Balaban J connectivity index is 0.000000245. The van der Waals surface area contributed by atoms with Crippen LogP contribution in [0.2, 0.25) is 0 Å². The Labute approximate surface area is 121 Å². The second kappa shape index (κ2) is 10.2. The van der Waals surface area contributed by atoms with Crippen LogP contribution in [0.3, 0.4) is 0 Å². The van der Waals surface area contributed by atoms with E-state index in [-0.39, 0.29) is 32.7 Å². The van der Waals surface area contributed by atoms with Crippen LogP contribution in [0.25, 0.3) is 0 Å². The summed E-state index contributed by atoms with van der Waals surface area (Å²) in [7, 11) is 7.66. The van der Waals surface area contributed by atoms with Crippen LogP contribution in [0, 0.1) is 14.1 Å². The molecule has 2 aliphatic heterocycles. The number of nitrogens with zero attached hydrogens (tertiary/aromatic N) is 2. The van der Waals surface area contributed by atoms with Crippen molar-refractivity contribution in [1.82, 2.24) is 9.80 Å². The molecule has 0 aromatic rings. The van der Waals surface area contributed by atoms with Gasteiger partial charge in [-0.25, -0.2) is 0 Å². The molecule has 1 radical (unpaired) electrons. The van der Waals surface area contributed by atoms with Crippen molar-refractivity contribution >= 4 is 0 Å². The zero-order valence-corrected chi connectivity index (χ0v) is 12.8. The van der Waals surface area contributed by atoms with Crippen molar-refractivity contribution < 1.29 is 32.7 Å². The molecule has 2 nitrogen and oxygen atoms in total. The monoisotopic (exact) mass is 285 g/mol. The number of hydrogen-bond donors (Lipinski definition) is 0. The van der Waals surface area contributed by atoms with Gasteiger partial charge in [-0.2, -0.15) is 0 Å². The fourth-order valence-corrected chi connectivity index (χ4v) is 1.92. The second-order valence-corrected chi connectivity index (χ2v) is 4.36. The Morgan fingerprint density at radius 2 is 0.800 bits per heavy atom. The fraction of sp³-hybridized carbons (Fsp3) is 0.833. The van der Waals surface area contributed by atoms with Crippen molar-refractivity contribution in [2.45, 2.75) is 38.5 Å². The molecule has 2 rings (SSSR count). The Morgan fingerprint density at radius 3 is 0.933 bits per heavy atom. The molecule has 3 heteroatoms. The molecule has 0 unspecified atom stereocenters. The van der Waals surface area contributed by atoms with E-state index in [4.69, 9.17) is 0 Å². The standard InChI is InChI=1S/2C6H12N.Y/c2*1-7-5-3-2-4-6-7;/h2*1-6H2;/q2*-1;. The number of piperidine rings is 2. The van der Waals surface area contributed by atoms with Crippen molar-refractivity contribution in [1.29, 1.82) is 0 Å². The Kier molecular flexibility index (Phi) is 10.9. The Hall–Kier alpha value is 1.02. The molecule has 2 saturated heterocycles. The summed E-state index contributed by atoms with van der Waals surface area (Å²) in [5, 5.41) is 0. The van der Waals surface area contributed by atoms with Gasteiger partial charge in [-0.15, -0.1) is 0 Å². The molecule has 0 aromatic carbocycles. The largest absolute Gasteiger partial charge is 0.459 e. The van der Waals surface area contributed by atoms with Gasteiger partial charge in [0.15, 0.2) is 0 Å². The van der Waals surface area contributed by atoms with E-state index >= 15 is 0 Å². The average molecular weight is 285 g/mol. The van der Waals surface area contributed by atoms with Gasteiger partial charge in [0, 0.05) is 32.7 Å². The van der Waals surface area contributed by atoms with Crippen LogP contribution in [0.4, 0.5) is 0 Å². The van der Waals surface area contributed by atoms with Crippen molar-refractivity contribution in [2.24, 2.45) is 0 Å². The topological polar surface area (TPSA) is 6.48 Å². The molecule has 0 aromatic heterocycles. The van der Waals surface area contributed by atoms with Gasteiger partial charge in [-0.1, -0.05) is 12.8 Å². The van der Waals surface area contributed by atoms with Crippen molar-refractivity contribution in [3.8, 4) is 0 Å². The fourth-order valence-electron chi connectivity index (χ4n) is 1.92. The van der Waals surface area contributed by atoms with Crippen LogP contribution in [0.15, 0.2) is 0 Å². The van der Waals surface area contributed by atoms with Crippen LogP contribution in [-0.2, 0) is 32.7 Å². The average Bonchev–Trinajstić information content (AvgIpc) is 2.21. The first-order valence-electron chi connectivity index (χ1n) is 5.90. The van der Waals surface area contributed by atoms with E-state index in [1.165, 1.54) is 64.7 Å². The quantitative estimate of drug-likeness (QED) is 0.631. The minimum Gasteiger partial charge on any atom is -0.459 e. The van der Waals surface area contributed by atoms with Crippen LogP contribution in [0.5, 0.6) is 0 Å². The maximum Gasteiger partial charge on any atom is 0 e. The minimum atomic E-state index is 0. The minimum absolute atomic E-state index is 0. The maximum atomic E-state index is 3.83. The summed E-state index contributed by atoms with van der Waals surface area (Å²) in [6, 6.07) is 0. The summed E-state index contributed by atoms with van der Waals surface area (Å²) in [5.74, 6) is 0. The van der Waals surface area contributed by atoms with Gasteiger partial charge >= 0.3 is 0 Å². The summed E-state index contributed by atoms with van der Waals surface area (Å²) in [6.45, 7) is 4.83. The normalized spacial score (nSPS) is 23.6. The molecule has 0 atom stereocenters. The maximum absolute atomic E-state index is 3.83. The smallest absolute Gasteiger partial charge is 0 e. The first-order chi connectivity index (χ1) is 6.79. The van der Waals surface area contributed by atoms with E-state index in [1.54, 1.807) is 0 Å². The first-order valence-corrected chi connectivity index (χ1v) is 5.90. The van der Waals surface area contributed by atoms with Crippen LogP contribution >= 0.6 is 0 Å². The van der Waals surface area contributed by atoms with E-state index in [1.807, 2.05) is 0 Å². The van der Waals surface area contributed by atoms with E-state index in [0.29, 0.717) is 0 Å². The van der Waals surface area contributed by atoms with Gasteiger partial charge in [0.1, 0.15) is 0 Å². The van der Waals surface area contributed by atoms with E-state index < -0.39 is 0 Å². The van der Waals surface area contributed by atoms with Gasteiger partial charge < -0.3 is 9.80 Å². The molecule has 2 heterocycles. The van der Waals surface area contributed by atoms with Crippen LogP contribution in [-0.4, -0.2) is 36.0 Å². The second-order valence-electron chi connectivity index (χ2n) is 4.36. The zero-order valence-electron chi connectivity index (χ0n) is 9.96. The molecule has 0 aliphatic carbocycles. The molecule has 0 N–H and O–H groups in total. The molecule has 0 saturated carbocycles. The summed E-state index contributed by atoms with van der Waals surface area (Å²) >= 11 is 0. The molecule has 2 fully saturated rings. The molecule has 0 amide bonds. The third-order valence-corrected chi connectivity index (χ3v) is 2.90. The zero-order chi connectivity index (χ0) is 10.2. The van der Waals surface area contributed by atoms with E-state index in [0.717, 1.165) is 0 Å². The molecule has 0 spiro atoms. The predicted molar refractivity (Wildman–Crippen MR) is 61.6 cm³/mol. The van der Waals surface area contributed by atoms with E-state index in [2.05, 4.69) is 23.9 Å². The van der Waals surface area contributed by atoms with Gasteiger partial charge in [-0.05, 0) is 51.9 Å². The van der Waals surface area contributed by atoms with E-state index in [9.17, 15) is 0 Å². The third kappa shape index (κ3) is 8.79. The number of hydrogen-bond acceptors (Lipinski definition) is 2. The number of likely N-dealkylation sites (tertiary alicyclic amines) is 2. The van der Waals surface area contributed by atoms with Crippen molar-refractivity contribution in [3.05, 3.63) is 14.1 Å². The number of rotatable bonds is 0. The summed E-state index contributed by atoms with van der Waals surface area (Å²) in [4.78, 5) is 4.28. The van der Waals surface area contributed by atoms with Gasteiger partial charge in [-0.3, -0.25) is 14.1 Å². The first kappa shape index (κ1) is 16.0. The molecule has 15 heavy (non-hydrogen) atoms. The summed E-state index contributed by atoms with van der Waals surface area (Å²) < 4.78 is 0.